The van der Waals surface area contributed by atoms with Crippen LogP contribution < -0.4 is 0 Å². The van der Waals surface area contributed by atoms with Crippen LogP contribution in [0.1, 0.15) is 32.6 Å². The van der Waals surface area contributed by atoms with Crippen molar-refractivity contribution in [2.75, 3.05) is 0 Å². The SMILES string of the molecule is Cc1cc(C(=O)c2ccccc2)c(C)c(C)c1[N+](=O)[O-].OP(O)(O)=S. The lowest BCUT2D eigenvalue weighted by atomic mass is 9.92. The van der Waals surface area contributed by atoms with Gasteiger partial charge in [0.05, 0.1) is 4.92 Å². The zero-order valence-corrected chi connectivity index (χ0v) is 15.5. The first kappa shape index (κ1) is 21.1. The maximum atomic E-state index is 12.5. The number of carbonyl (C=O) groups excluding carboxylic acids is 1. The highest BCUT2D eigenvalue weighted by molar-refractivity contribution is 8.06. The van der Waals surface area contributed by atoms with Crippen molar-refractivity contribution in [3.05, 3.63) is 74.3 Å². The number of nitro groups is 1. The monoisotopic (exact) mass is 383 g/mol. The quantitative estimate of drug-likeness (QED) is 0.322. The lowest BCUT2D eigenvalue weighted by molar-refractivity contribution is -0.386. The summed E-state index contributed by atoms with van der Waals surface area (Å²) in [6, 6.07) is 10.5. The molecule has 0 aliphatic rings. The van der Waals surface area contributed by atoms with Gasteiger partial charge in [-0.15, -0.1) is 0 Å². The lowest BCUT2D eigenvalue weighted by Gasteiger charge is -2.11. The van der Waals surface area contributed by atoms with Crippen LogP contribution >= 0.6 is 6.72 Å². The largest absolute Gasteiger partial charge is 0.325 e. The molecule has 2 rings (SSSR count). The Hall–Kier alpha value is -1.96. The van der Waals surface area contributed by atoms with Gasteiger partial charge >= 0.3 is 6.72 Å². The summed E-state index contributed by atoms with van der Waals surface area (Å²) in [5.41, 5.74) is 2.93. The molecule has 0 saturated carbocycles. The molecular weight excluding hydrogens is 365 g/mol. The summed E-state index contributed by atoms with van der Waals surface area (Å²) >= 11 is 3.60. The third-order valence-electron chi connectivity index (χ3n) is 3.52. The molecule has 0 amide bonds. The predicted molar refractivity (Wildman–Crippen MR) is 98.1 cm³/mol. The van der Waals surface area contributed by atoms with Crippen molar-refractivity contribution in [1.29, 1.82) is 0 Å². The smallest absolute Gasteiger partial charge is 0.319 e. The molecule has 9 heteroatoms. The van der Waals surface area contributed by atoms with Gasteiger partial charge < -0.3 is 14.7 Å². The molecule has 0 fully saturated rings. The fraction of sp³-hybridized carbons (Fsp3) is 0.188. The van der Waals surface area contributed by atoms with Gasteiger partial charge in [0.1, 0.15) is 0 Å². The van der Waals surface area contributed by atoms with Crippen LogP contribution in [0.2, 0.25) is 0 Å². The number of carbonyl (C=O) groups is 1. The molecule has 2 aromatic carbocycles. The molecule has 0 aromatic heterocycles. The van der Waals surface area contributed by atoms with E-state index < -0.39 is 11.6 Å². The molecule has 0 heterocycles. The van der Waals surface area contributed by atoms with E-state index in [2.05, 4.69) is 11.8 Å². The average Bonchev–Trinajstić information content (AvgIpc) is 2.49. The standard InChI is InChI=1S/C16H15NO3.H3O3PS/c1-10-9-14(11(2)12(3)15(10)17(19)20)16(18)13-7-5-4-6-8-13;1-4(2,3)5/h4-9H,1-3H3;(H3,1,2,3,5). The Morgan fingerprint density at radius 3 is 2.00 bits per heavy atom. The Balaban J connectivity index is 0.000000550. The average molecular weight is 383 g/mol. The number of nitro benzene ring substituents is 1. The number of hydrogen-bond acceptors (Lipinski definition) is 4. The van der Waals surface area contributed by atoms with Gasteiger partial charge in [-0.2, -0.15) is 0 Å². The van der Waals surface area contributed by atoms with E-state index >= 15 is 0 Å². The molecule has 0 atom stereocenters. The first-order valence-corrected chi connectivity index (χ1v) is 9.72. The normalized spacial score (nSPS) is 10.6. The lowest BCUT2D eigenvalue weighted by Crippen LogP contribution is -2.08. The van der Waals surface area contributed by atoms with E-state index in [0.717, 1.165) is 0 Å². The van der Waals surface area contributed by atoms with Crippen LogP contribution in [0.15, 0.2) is 36.4 Å². The Kier molecular flexibility index (Phi) is 7.10. The summed E-state index contributed by atoms with van der Waals surface area (Å²) in [6.45, 7) is 1.28. The van der Waals surface area contributed by atoms with Crippen molar-refractivity contribution in [1.82, 2.24) is 0 Å². The van der Waals surface area contributed by atoms with Crippen molar-refractivity contribution in [3.8, 4) is 0 Å². The maximum absolute atomic E-state index is 12.5. The molecule has 0 spiro atoms. The van der Waals surface area contributed by atoms with E-state index in [0.29, 0.717) is 27.8 Å². The Labute approximate surface area is 150 Å². The first-order valence-electron chi connectivity index (χ1n) is 7.06. The van der Waals surface area contributed by atoms with Crippen molar-refractivity contribution >= 4 is 30.0 Å². The third-order valence-corrected chi connectivity index (χ3v) is 3.52. The van der Waals surface area contributed by atoms with Gasteiger partial charge in [-0.25, -0.2) is 0 Å². The zero-order chi connectivity index (χ0) is 19.4. The molecule has 134 valence electrons. The second-order valence-electron chi connectivity index (χ2n) is 5.31. The molecule has 3 N–H and O–H groups in total. The third kappa shape index (κ3) is 6.12. The van der Waals surface area contributed by atoms with Crippen LogP contribution in [-0.2, 0) is 11.8 Å². The summed E-state index contributed by atoms with van der Waals surface area (Å²) in [4.78, 5) is 45.8. The fourth-order valence-corrected chi connectivity index (χ4v) is 2.33. The predicted octanol–water partition coefficient (Wildman–Crippen LogP) is 2.94. The topological polar surface area (TPSA) is 121 Å². The van der Waals surface area contributed by atoms with Gasteiger partial charge in [-0.05, 0) is 44.2 Å². The van der Waals surface area contributed by atoms with Crippen molar-refractivity contribution in [2.24, 2.45) is 0 Å². The van der Waals surface area contributed by atoms with E-state index in [4.69, 9.17) is 14.7 Å². The van der Waals surface area contributed by atoms with E-state index in [9.17, 15) is 14.9 Å². The minimum atomic E-state index is -3.81. The molecule has 7 nitrogen and oxygen atoms in total. The van der Waals surface area contributed by atoms with E-state index in [1.54, 1.807) is 51.1 Å². The van der Waals surface area contributed by atoms with Crippen LogP contribution in [-0.4, -0.2) is 25.4 Å². The molecule has 2 aromatic rings. The maximum Gasteiger partial charge on any atom is 0.319 e. The highest BCUT2D eigenvalue weighted by atomic mass is 32.5. The van der Waals surface area contributed by atoms with E-state index in [1.807, 2.05) is 6.07 Å². The summed E-state index contributed by atoms with van der Waals surface area (Å²) in [7, 11) is 0. The van der Waals surface area contributed by atoms with Crippen molar-refractivity contribution in [3.63, 3.8) is 0 Å². The van der Waals surface area contributed by atoms with Crippen molar-refractivity contribution in [2.45, 2.75) is 20.8 Å². The van der Waals surface area contributed by atoms with Gasteiger partial charge in [-0.1, -0.05) is 30.3 Å². The Morgan fingerprint density at radius 1 is 1.08 bits per heavy atom. The minimum Gasteiger partial charge on any atom is -0.325 e. The van der Waals surface area contributed by atoms with Crippen LogP contribution in [0.3, 0.4) is 0 Å². The van der Waals surface area contributed by atoms with Crippen LogP contribution in [0, 0.1) is 30.9 Å². The molecule has 0 bridgehead atoms. The summed E-state index contributed by atoms with van der Waals surface area (Å²) in [5, 5.41) is 11.1. The summed E-state index contributed by atoms with van der Waals surface area (Å²) in [5.74, 6) is -0.107. The highest BCUT2D eigenvalue weighted by Gasteiger charge is 2.22. The molecule has 0 aliphatic carbocycles. The summed E-state index contributed by atoms with van der Waals surface area (Å²) in [6.07, 6.45) is 0. The molecule has 0 saturated heterocycles. The van der Waals surface area contributed by atoms with Gasteiger partial charge in [0, 0.05) is 22.3 Å². The molecular formula is C16H18NO6PS. The van der Waals surface area contributed by atoms with Crippen LogP contribution in [0.5, 0.6) is 0 Å². The number of nitrogens with zero attached hydrogens (tertiary/aromatic N) is 1. The number of aryl methyl sites for hydroxylation is 1. The van der Waals surface area contributed by atoms with Gasteiger partial charge in [0.25, 0.3) is 5.69 Å². The van der Waals surface area contributed by atoms with E-state index in [1.165, 1.54) is 0 Å². The Morgan fingerprint density at radius 2 is 1.56 bits per heavy atom. The fourth-order valence-electron chi connectivity index (χ4n) is 2.33. The van der Waals surface area contributed by atoms with Crippen LogP contribution in [0.25, 0.3) is 0 Å². The minimum absolute atomic E-state index is 0.0899. The van der Waals surface area contributed by atoms with E-state index in [-0.39, 0.29) is 11.5 Å². The van der Waals surface area contributed by atoms with Crippen molar-refractivity contribution < 1.29 is 24.4 Å². The summed E-state index contributed by atoms with van der Waals surface area (Å²) < 4.78 is 0. The number of benzene rings is 2. The van der Waals surface area contributed by atoms with Gasteiger partial charge in [-0.3, -0.25) is 14.9 Å². The van der Waals surface area contributed by atoms with Gasteiger partial charge in [0.2, 0.25) is 0 Å². The highest BCUT2D eigenvalue weighted by Crippen LogP contribution is 2.29. The Bertz CT molecular complexity index is 839. The first-order chi connectivity index (χ1) is 11.4. The van der Waals surface area contributed by atoms with Crippen LogP contribution in [0.4, 0.5) is 5.69 Å². The molecule has 0 aliphatic heterocycles. The number of ketones is 1. The molecule has 25 heavy (non-hydrogen) atoms. The zero-order valence-electron chi connectivity index (χ0n) is 13.8. The second-order valence-corrected chi connectivity index (χ2v) is 7.80. The number of hydrogen-bond donors (Lipinski definition) is 3. The molecule has 0 radical (unpaired) electrons. The number of rotatable bonds is 3. The molecule has 0 unspecified atom stereocenters. The second kappa shape index (κ2) is 8.42. The van der Waals surface area contributed by atoms with Gasteiger partial charge in [0.15, 0.2) is 5.78 Å².